The number of hydrogen-bond donors (Lipinski definition) is 0. The molecule has 0 N–H and O–H groups in total. The lowest BCUT2D eigenvalue weighted by Crippen LogP contribution is -2.28. The van der Waals surface area contributed by atoms with Gasteiger partial charge in [-0.25, -0.2) is 0 Å². The van der Waals surface area contributed by atoms with Crippen molar-refractivity contribution in [2.75, 3.05) is 26.5 Å². The number of rotatable bonds is 8. The van der Waals surface area contributed by atoms with Gasteiger partial charge in [-0.3, -0.25) is 9.59 Å². The van der Waals surface area contributed by atoms with E-state index in [2.05, 4.69) is 9.47 Å². The van der Waals surface area contributed by atoms with E-state index in [0.717, 1.165) is 0 Å². The second kappa shape index (κ2) is 8.30. The largest absolute Gasteiger partial charge is 0.469 e. The second-order valence-corrected chi connectivity index (χ2v) is 7.64. The van der Waals surface area contributed by atoms with E-state index in [-0.39, 0.29) is 6.42 Å². The SMILES string of the molecule is CCCP(=O)(CCC)C(CC(=O)OC)C(=O)OC. The fraction of sp³-hybridized carbons (Fsp3) is 0.833. The highest BCUT2D eigenvalue weighted by Crippen LogP contribution is 2.53. The average molecular weight is 278 g/mol. The molecule has 0 saturated heterocycles. The standard InChI is InChI=1S/C12H23O5P/c1-5-7-18(15,8-6-2)10(12(14)17-4)9-11(13)16-3/h10H,5-9H2,1-4H3. The maximum absolute atomic E-state index is 12.9. The first kappa shape index (κ1) is 17.2. The Kier molecular flexibility index (Phi) is 7.92. The van der Waals surface area contributed by atoms with E-state index in [4.69, 9.17) is 0 Å². The Morgan fingerprint density at radius 1 is 1.06 bits per heavy atom. The van der Waals surface area contributed by atoms with Crippen molar-refractivity contribution in [2.24, 2.45) is 0 Å². The van der Waals surface area contributed by atoms with Crippen LogP contribution in [0.1, 0.15) is 33.1 Å². The van der Waals surface area contributed by atoms with Crippen LogP contribution in [0.5, 0.6) is 0 Å². The van der Waals surface area contributed by atoms with Crippen LogP contribution < -0.4 is 0 Å². The minimum atomic E-state index is -2.74. The van der Waals surface area contributed by atoms with Crippen molar-refractivity contribution in [3.05, 3.63) is 0 Å². The Morgan fingerprint density at radius 3 is 1.89 bits per heavy atom. The molecule has 1 atom stereocenters. The normalized spacial score (nSPS) is 12.9. The minimum Gasteiger partial charge on any atom is -0.469 e. The molecule has 106 valence electrons. The predicted molar refractivity (Wildman–Crippen MR) is 70.4 cm³/mol. The first-order valence-electron chi connectivity index (χ1n) is 6.17. The van der Waals surface area contributed by atoms with Gasteiger partial charge in [0.05, 0.1) is 20.6 Å². The Morgan fingerprint density at radius 2 is 1.56 bits per heavy atom. The van der Waals surface area contributed by atoms with Gasteiger partial charge in [-0.15, -0.1) is 0 Å². The van der Waals surface area contributed by atoms with Crippen LogP contribution in [0.2, 0.25) is 0 Å². The molecule has 1 unspecified atom stereocenters. The van der Waals surface area contributed by atoms with Gasteiger partial charge in [0.25, 0.3) is 0 Å². The molecule has 0 bridgehead atoms. The molecule has 0 aliphatic carbocycles. The molecule has 0 fully saturated rings. The van der Waals surface area contributed by atoms with Crippen molar-refractivity contribution in [1.29, 1.82) is 0 Å². The van der Waals surface area contributed by atoms with E-state index >= 15 is 0 Å². The van der Waals surface area contributed by atoms with Crippen molar-refractivity contribution in [3.8, 4) is 0 Å². The molecular weight excluding hydrogens is 255 g/mol. The molecular formula is C12H23O5P. The van der Waals surface area contributed by atoms with Crippen LogP contribution in [0.25, 0.3) is 0 Å². The van der Waals surface area contributed by atoms with Crippen molar-refractivity contribution >= 4 is 19.1 Å². The maximum Gasteiger partial charge on any atom is 0.316 e. The Bertz CT molecular complexity index is 316. The second-order valence-electron chi connectivity index (χ2n) is 4.22. The summed E-state index contributed by atoms with van der Waals surface area (Å²) in [7, 11) is -0.248. The molecule has 5 nitrogen and oxygen atoms in total. The molecule has 0 rings (SSSR count). The molecule has 0 aromatic heterocycles. The van der Waals surface area contributed by atoms with E-state index < -0.39 is 24.7 Å². The zero-order valence-corrected chi connectivity index (χ0v) is 12.5. The molecule has 0 aromatic rings. The van der Waals surface area contributed by atoms with E-state index in [1.165, 1.54) is 14.2 Å². The third-order valence-electron chi connectivity index (χ3n) is 2.83. The summed E-state index contributed by atoms with van der Waals surface area (Å²) in [6, 6.07) is 0. The minimum absolute atomic E-state index is 0.166. The fourth-order valence-corrected chi connectivity index (χ4v) is 5.33. The first-order chi connectivity index (χ1) is 8.45. The van der Waals surface area contributed by atoms with Crippen molar-refractivity contribution in [1.82, 2.24) is 0 Å². The van der Waals surface area contributed by atoms with Crippen LogP contribution in [0.3, 0.4) is 0 Å². The maximum atomic E-state index is 12.9. The van der Waals surface area contributed by atoms with E-state index in [1.807, 2.05) is 13.8 Å². The summed E-state index contributed by atoms with van der Waals surface area (Å²) in [6.45, 7) is 3.82. The van der Waals surface area contributed by atoms with Crippen LogP contribution in [0.15, 0.2) is 0 Å². The molecule has 0 radical (unpaired) electrons. The summed E-state index contributed by atoms with van der Waals surface area (Å²) in [6.07, 6.45) is 2.17. The Labute approximate surface area is 109 Å². The molecule has 0 heterocycles. The van der Waals surface area contributed by atoms with Crippen LogP contribution >= 0.6 is 7.14 Å². The molecule has 0 aliphatic heterocycles. The number of esters is 2. The number of carbonyl (C=O) groups is 2. The summed E-state index contributed by atoms with van der Waals surface area (Å²) >= 11 is 0. The summed E-state index contributed by atoms with van der Waals surface area (Å²) in [5.41, 5.74) is -0.866. The molecule has 0 aliphatic rings. The first-order valence-corrected chi connectivity index (χ1v) is 8.32. The molecule has 0 amide bonds. The van der Waals surface area contributed by atoms with Gasteiger partial charge in [-0.05, 0) is 12.8 Å². The molecule has 0 saturated carbocycles. The van der Waals surface area contributed by atoms with Gasteiger partial charge in [0.2, 0.25) is 0 Å². The van der Waals surface area contributed by atoms with Crippen LogP contribution in [0.4, 0.5) is 0 Å². The zero-order chi connectivity index (χ0) is 14.2. The molecule has 6 heteroatoms. The predicted octanol–water partition coefficient (Wildman–Crippen LogP) is 2.27. The quantitative estimate of drug-likeness (QED) is 0.503. The molecule has 0 spiro atoms. The summed E-state index contributed by atoms with van der Waals surface area (Å²) in [5, 5.41) is 0. The number of hydrogen-bond acceptors (Lipinski definition) is 5. The van der Waals surface area contributed by atoms with Crippen molar-refractivity contribution < 1.29 is 23.6 Å². The summed E-state index contributed by atoms with van der Waals surface area (Å²) in [4.78, 5) is 23.1. The van der Waals surface area contributed by atoms with Gasteiger partial charge in [-0.1, -0.05) is 13.8 Å². The Balaban J connectivity index is 5.16. The van der Waals surface area contributed by atoms with Crippen LogP contribution in [-0.2, 0) is 23.6 Å². The average Bonchev–Trinajstić information content (AvgIpc) is 2.35. The van der Waals surface area contributed by atoms with Gasteiger partial charge in [0.1, 0.15) is 12.8 Å². The van der Waals surface area contributed by atoms with Crippen molar-refractivity contribution in [2.45, 2.75) is 38.8 Å². The third-order valence-corrected chi connectivity index (χ3v) is 6.77. The van der Waals surface area contributed by atoms with Crippen LogP contribution in [0, 0.1) is 0 Å². The lowest BCUT2D eigenvalue weighted by atomic mass is 10.3. The number of carbonyl (C=O) groups excluding carboxylic acids is 2. The Hall–Kier alpha value is -0.830. The van der Waals surface area contributed by atoms with Gasteiger partial charge in [0, 0.05) is 12.3 Å². The van der Waals surface area contributed by atoms with E-state index in [9.17, 15) is 14.2 Å². The highest BCUT2D eigenvalue weighted by atomic mass is 31.2. The van der Waals surface area contributed by atoms with E-state index in [1.54, 1.807) is 0 Å². The highest BCUT2D eigenvalue weighted by Gasteiger charge is 2.39. The lowest BCUT2D eigenvalue weighted by molar-refractivity contribution is -0.146. The lowest BCUT2D eigenvalue weighted by Gasteiger charge is -2.24. The third kappa shape index (κ3) is 4.81. The topological polar surface area (TPSA) is 69.7 Å². The van der Waals surface area contributed by atoms with Gasteiger partial charge >= 0.3 is 11.9 Å². The fourth-order valence-electron chi connectivity index (χ4n) is 2.00. The monoisotopic (exact) mass is 278 g/mol. The summed E-state index contributed by atoms with van der Waals surface area (Å²) < 4.78 is 22.1. The molecule has 18 heavy (non-hydrogen) atoms. The van der Waals surface area contributed by atoms with Crippen molar-refractivity contribution in [3.63, 3.8) is 0 Å². The zero-order valence-electron chi connectivity index (χ0n) is 11.6. The summed E-state index contributed by atoms with van der Waals surface area (Å²) in [5.74, 6) is -1.11. The van der Waals surface area contributed by atoms with Gasteiger partial charge in [-0.2, -0.15) is 0 Å². The number of ether oxygens (including phenoxy) is 2. The van der Waals surface area contributed by atoms with Gasteiger partial charge in [0.15, 0.2) is 0 Å². The smallest absolute Gasteiger partial charge is 0.316 e. The van der Waals surface area contributed by atoms with Gasteiger partial charge < -0.3 is 14.0 Å². The van der Waals surface area contributed by atoms with E-state index in [0.29, 0.717) is 25.2 Å². The number of methoxy groups -OCH3 is 2. The molecule has 0 aromatic carbocycles. The highest BCUT2D eigenvalue weighted by molar-refractivity contribution is 7.65. The van der Waals surface area contributed by atoms with Crippen LogP contribution in [-0.4, -0.2) is 44.1 Å².